The average Bonchev–Trinajstić information content (AvgIpc) is 3.31. The Labute approximate surface area is 126 Å². The number of hydrogen-bond acceptors (Lipinski definition) is 3. The second-order valence-corrected chi connectivity index (χ2v) is 6.19. The smallest absolute Gasteiger partial charge is 0.234 e. The minimum atomic E-state index is 0.106. The molecule has 1 aliphatic heterocycles. The highest BCUT2D eigenvalue weighted by molar-refractivity contribution is 5.78. The SMILES string of the molecule is Cc1ccccc1CNC(=O)CN1CCO[C@H](C2CC2)C1. The molecule has 1 heterocycles. The summed E-state index contributed by atoms with van der Waals surface area (Å²) < 4.78 is 5.79. The molecule has 1 N–H and O–H groups in total. The van der Waals surface area contributed by atoms with Crippen LogP contribution in [0.2, 0.25) is 0 Å². The molecule has 1 amide bonds. The molecule has 1 saturated carbocycles. The molecule has 0 bridgehead atoms. The van der Waals surface area contributed by atoms with Gasteiger partial charge in [-0.25, -0.2) is 0 Å². The van der Waals surface area contributed by atoms with Gasteiger partial charge in [0.15, 0.2) is 0 Å². The Morgan fingerprint density at radius 2 is 2.19 bits per heavy atom. The van der Waals surface area contributed by atoms with Crippen LogP contribution < -0.4 is 5.32 Å². The average molecular weight is 288 g/mol. The monoisotopic (exact) mass is 288 g/mol. The third kappa shape index (κ3) is 4.05. The van der Waals surface area contributed by atoms with E-state index in [2.05, 4.69) is 29.3 Å². The lowest BCUT2D eigenvalue weighted by atomic mass is 10.1. The summed E-state index contributed by atoms with van der Waals surface area (Å²) in [6.45, 7) is 5.69. The van der Waals surface area contributed by atoms with E-state index in [1.54, 1.807) is 0 Å². The van der Waals surface area contributed by atoms with Gasteiger partial charge in [0.05, 0.1) is 19.3 Å². The highest BCUT2D eigenvalue weighted by Gasteiger charge is 2.35. The lowest BCUT2D eigenvalue weighted by Gasteiger charge is -2.32. The van der Waals surface area contributed by atoms with Crippen molar-refractivity contribution in [3.63, 3.8) is 0 Å². The number of hydrogen-bond donors (Lipinski definition) is 1. The fourth-order valence-electron chi connectivity index (χ4n) is 2.89. The maximum Gasteiger partial charge on any atom is 0.234 e. The number of nitrogens with one attached hydrogen (secondary N) is 1. The van der Waals surface area contributed by atoms with Crippen LogP contribution in [-0.2, 0) is 16.1 Å². The molecule has 21 heavy (non-hydrogen) atoms. The van der Waals surface area contributed by atoms with Crippen LogP contribution in [0.3, 0.4) is 0 Å². The largest absolute Gasteiger partial charge is 0.375 e. The first-order valence-electron chi connectivity index (χ1n) is 7.87. The number of amides is 1. The van der Waals surface area contributed by atoms with E-state index in [0.717, 1.165) is 25.6 Å². The molecule has 1 aliphatic carbocycles. The standard InChI is InChI=1S/C17H24N2O2/c1-13-4-2-3-5-15(13)10-18-17(20)12-19-8-9-21-16(11-19)14-6-7-14/h2-5,14,16H,6-12H2,1H3,(H,18,20)/t16-/m0/s1. The van der Waals surface area contributed by atoms with Crippen LogP contribution >= 0.6 is 0 Å². The van der Waals surface area contributed by atoms with Gasteiger partial charge in [-0.2, -0.15) is 0 Å². The molecule has 4 heteroatoms. The number of aryl methyl sites for hydroxylation is 1. The molecule has 0 aromatic heterocycles. The molecular weight excluding hydrogens is 264 g/mol. The van der Waals surface area contributed by atoms with E-state index in [-0.39, 0.29) is 5.91 Å². The fourth-order valence-corrected chi connectivity index (χ4v) is 2.89. The summed E-state index contributed by atoms with van der Waals surface area (Å²) in [7, 11) is 0. The first-order valence-corrected chi connectivity index (χ1v) is 7.87. The highest BCUT2D eigenvalue weighted by atomic mass is 16.5. The van der Waals surface area contributed by atoms with Gasteiger partial charge in [-0.15, -0.1) is 0 Å². The van der Waals surface area contributed by atoms with Crippen molar-refractivity contribution in [2.24, 2.45) is 5.92 Å². The first-order chi connectivity index (χ1) is 10.2. The number of morpholine rings is 1. The van der Waals surface area contributed by atoms with Crippen molar-refractivity contribution in [2.75, 3.05) is 26.2 Å². The Bertz CT molecular complexity index is 499. The van der Waals surface area contributed by atoms with Crippen LogP contribution in [0, 0.1) is 12.8 Å². The van der Waals surface area contributed by atoms with E-state index in [9.17, 15) is 4.79 Å². The number of ether oxygens (including phenoxy) is 1. The van der Waals surface area contributed by atoms with Gasteiger partial charge in [0, 0.05) is 19.6 Å². The van der Waals surface area contributed by atoms with Crippen LogP contribution in [-0.4, -0.2) is 43.2 Å². The molecule has 1 atom stereocenters. The maximum atomic E-state index is 12.1. The molecule has 2 aliphatic rings. The van der Waals surface area contributed by atoms with Crippen LogP contribution in [0.5, 0.6) is 0 Å². The Morgan fingerprint density at radius 3 is 2.95 bits per heavy atom. The van der Waals surface area contributed by atoms with E-state index in [4.69, 9.17) is 4.74 Å². The van der Waals surface area contributed by atoms with Crippen molar-refractivity contribution in [1.29, 1.82) is 0 Å². The predicted octanol–water partition coefficient (Wildman–Crippen LogP) is 1.72. The van der Waals surface area contributed by atoms with Crippen molar-refractivity contribution in [2.45, 2.75) is 32.4 Å². The molecule has 2 fully saturated rings. The van der Waals surface area contributed by atoms with E-state index < -0.39 is 0 Å². The molecule has 0 unspecified atom stereocenters. The minimum Gasteiger partial charge on any atom is -0.375 e. The van der Waals surface area contributed by atoms with Crippen LogP contribution in [0.15, 0.2) is 24.3 Å². The van der Waals surface area contributed by atoms with Crippen LogP contribution in [0.4, 0.5) is 0 Å². The van der Waals surface area contributed by atoms with Crippen LogP contribution in [0.25, 0.3) is 0 Å². The molecule has 0 spiro atoms. The van der Waals surface area contributed by atoms with Gasteiger partial charge in [-0.05, 0) is 36.8 Å². The van der Waals surface area contributed by atoms with Gasteiger partial charge < -0.3 is 10.1 Å². The van der Waals surface area contributed by atoms with E-state index >= 15 is 0 Å². The van der Waals surface area contributed by atoms with Gasteiger partial charge >= 0.3 is 0 Å². The van der Waals surface area contributed by atoms with E-state index in [1.165, 1.54) is 24.0 Å². The van der Waals surface area contributed by atoms with Crippen molar-refractivity contribution in [3.05, 3.63) is 35.4 Å². The number of carbonyl (C=O) groups is 1. The number of benzene rings is 1. The maximum absolute atomic E-state index is 12.1. The molecule has 0 radical (unpaired) electrons. The molecule has 1 aromatic rings. The molecule has 3 rings (SSSR count). The molecule has 1 aromatic carbocycles. The zero-order chi connectivity index (χ0) is 14.7. The van der Waals surface area contributed by atoms with Crippen LogP contribution in [0.1, 0.15) is 24.0 Å². The van der Waals surface area contributed by atoms with Gasteiger partial charge in [0.25, 0.3) is 0 Å². The number of rotatable bonds is 5. The first kappa shape index (κ1) is 14.5. The Balaban J connectivity index is 1.44. The topological polar surface area (TPSA) is 41.6 Å². The van der Waals surface area contributed by atoms with E-state index in [1.807, 2.05) is 12.1 Å². The third-order valence-corrected chi connectivity index (χ3v) is 4.43. The zero-order valence-electron chi connectivity index (χ0n) is 12.7. The highest BCUT2D eigenvalue weighted by Crippen LogP contribution is 2.35. The second-order valence-electron chi connectivity index (χ2n) is 6.19. The second kappa shape index (κ2) is 6.58. The summed E-state index contributed by atoms with van der Waals surface area (Å²) in [5, 5.41) is 3.03. The summed E-state index contributed by atoms with van der Waals surface area (Å²) in [6, 6.07) is 8.17. The number of carbonyl (C=O) groups excluding carboxylic acids is 1. The molecule has 114 valence electrons. The summed E-state index contributed by atoms with van der Waals surface area (Å²) in [5.41, 5.74) is 2.40. The van der Waals surface area contributed by atoms with Crippen molar-refractivity contribution >= 4 is 5.91 Å². The van der Waals surface area contributed by atoms with Gasteiger partial charge in [0.1, 0.15) is 0 Å². The molecular formula is C17H24N2O2. The number of nitrogens with zero attached hydrogens (tertiary/aromatic N) is 1. The predicted molar refractivity (Wildman–Crippen MR) is 81.9 cm³/mol. The Morgan fingerprint density at radius 1 is 1.38 bits per heavy atom. The van der Waals surface area contributed by atoms with E-state index in [0.29, 0.717) is 19.2 Å². The lowest BCUT2D eigenvalue weighted by molar-refractivity contribution is -0.124. The van der Waals surface area contributed by atoms with Gasteiger partial charge in [-0.3, -0.25) is 9.69 Å². The summed E-state index contributed by atoms with van der Waals surface area (Å²) in [6.07, 6.45) is 2.93. The van der Waals surface area contributed by atoms with Crippen molar-refractivity contribution < 1.29 is 9.53 Å². The van der Waals surface area contributed by atoms with Gasteiger partial charge in [0.2, 0.25) is 5.91 Å². The molecule has 4 nitrogen and oxygen atoms in total. The normalized spacial score (nSPS) is 23.0. The summed E-state index contributed by atoms with van der Waals surface area (Å²) in [4.78, 5) is 14.3. The summed E-state index contributed by atoms with van der Waals surface area (Å²) >= 11 is 0. The Hall–Kier alpha value is -1.39. The fraction of sp³-hybridized carbons (Fsp3) is 0.588. The zero-order valence-corrected chi connectivity index (χ0v) is 12.7. The quantitative estimate of drug-likeness (QED) is 0.897. The summed E-state index contributed by atoms with van der Waals surface area (Å²) in [5.74, 6) is 0.845. The van der Waals surface area contributed by atoms with Gasteiger partial charge in [-0.1, -0.05) is 24.3 Å². The minimum absolute atomic E-state index is 0.106. The molecule has 1 saturated heterocycles. The lowest BCUT2D eigenvalue weighted by Crippen LogP contribution is -2.47. The van der Waals surface area contributed by atoms with Crippen molar-refractivity contribution in [1.82, 2.24) is 10.2 Å². The third-order valence-electron chi connectivity index (χ3n) is 4.43. The Kier molecular flexibility index (Phi) is 4.56. The van der Waals surface area contributed by atoms with Crippen molar-refractivity contribution in [3.8, 4) is 0 Å².